The predicted octanol–water partition coefficient (Wildman–Crippen LogP) is 3.88. The van der Waals surface area contributed by atoms with Crippen molar-refractivity contribution in [2.75, 3.05) is 0 Å². The molecule has 0 aliphatic rings. The summed E-state index contributed by atoms with van der Waals surface area (Å²) in [6.45, 7) is 8.30. The quantitative estimate of drug-likeness (QED) is 0.779. The first kappa shape index (κ1) is 11.8. The molecule has 0 fully saturated rings. The van der Waals surface area contributed by atoms with E-state index in [2.05, 4.69) is 42.7 Å². The fourth-order valence-corrected chi connectivity index (χ4v) is 2.02. The van der Waals surface area contributed by atoms with Gasteiger partial charge in [-0.2, -0.15) is 0 Å². The zero-order valence-corrected chi connectivity index (χ0v) is 10.9. The molecule has 0 aliphatic carbocycles. The molecular weight excluding hydrogens is 210 g/mol. The second-order valence-electron chi connectivity index (χ2n) is 4.61. The van der Waals surface area contributed by atoms with Gasteiger partial charge >= 0.3 is 0 Å². The fourth-order valence-electron chi connectivity index (χ4n) is 2.02. The summed E-state index contributed by atoms with van der Waals surface area (Å²) in [7, 11) is 0. The largest absolute Gasteiger partial charge is 0.491 e. The fraction of sp³-hybridized carbons (Fsp3) is 0.333. The van der Waals surface area contributed by atoms with Crippen LogP contribution in [0.2, 0.25) is 0 Å². The summed E-state index contributed by atoms with van der Waals surface area (Å²) >= 11 is 0. The maximum atomic E-state index is 5.64. The number of aryl methyl sites for hydroxylation is 2. The van der Waals surface area contributed by atoms with E-state index in [1.54, 1.807) is 0 Å². The van der Waals surface area contributed by atoms with Gasteiger partial charge in [-0.1, -0.05) is 0 Å². The molecule has 1 heterocycles. The average molecular weight is 229 g/mol. The molecule has 1 aromatic heterocycles. The van der Waals surface area contributed by atoms with Crippen molar-refractivity contribution in [3.05, 3.63) is 47.8 Å². The van der Waals surface area contributed by atoms with Crippen LogP contribution in [0, 0.1) is 13.8 Å². The van der Waals surface area contributed by atoms with Gasteiger partial charge in [-0.05, 0) is 64.1 Å². The van der Waals surface area contributed by atoms with E-state index in [-0.39, 0.29) is 6.10 Å². The third-order valence-corrected chi connectivity index (χ3v) is 2.74. The number of ether oxygens (including phenoxy) is 1. The minimum atomic E-state index is 0.218. The number of aromatic nitrogens is 1. The normalized spacial score (nSPS) is 10.9. The molecular formula is C15H19NO. The van der Waals surface area contributed by atoms with Gasteiger partial charge in [-0.3, -0.25) is 0 Å². The molecule has 0 atom stereocenters. The van der Waals surface area contributed by atoms with Crippen molar-refractivity contribution < 1.29 is 4.74 Å². The van der Waals surface area contributed by atoms with Gasteiger partial charge in [0.1, 0.15) is 5.75 Å². The summed E-state index contributed by atoms with van der Waals surface area (Å²) in [6, 6.07) is 12.5. The zero-order valence-electron chi connectivity index (χ0n) is 10.9. The minimum absolute atomic E-state index is 0.218. The first-order chi connectivity index (χ1) is 8.08. The lowest BCUT2D eigenvalue weighted by molar-refractivity contribution is 0.242. The molecule has 90 valence electrons. The Kier molecular flexibility index (Phi) is 3.23. The van der Waals surface area contributed by atoms with Crippen molar-refractivity contribution in [2.24, 2.45) is 0 Å². The number of nitrogens with zero attached hydrogens (tertiary/aromatic N) is 1. The molecule has 0 bridgehead atoms. The average Bonchev–Trinajstić information content (AvgIpc) is 2.59. The van der Waals surface area contributed by atoms with Crippen LogP contribution in [-0.4, -0.2) is 10.7 Å². The topological polar surface area (TPSA) is 14.2 Å². The lowest BCUT2D eigenvalue weighted by atomic mass is 10.3. The molecule has 2 aromatic rings. The van der Waals surface area contributed by atoms with Crippen LogP contribution in [0.25, 0.3) is 5.69 Å². The highest BCUT2D eigenvalue weighted by atomic mass is 16.5. The van der Waals surface area contributed by atoms with Crippen LogP contribution < -0.4 is 4.74 Å². The molecule has 0 aliphatic heterocycles. The third-order valence-electron chi connectivity index (χ3n) is 2.74. The van der Waals surface area contributed by atoms with Gasteiger partial charge in [0.25, 0.3) is 0 Å². The van der Waals surface area contributed by atoms with Crippen molar-refractivity contribution in [3.63, 3.8) is 0 Å². The van der Waals surface area contributed by atoms with Crippen LogP contribution in [-0.2, 0) is 0 Å². The SMILES string of the molecule is Cc1ccc(C)n1-c1ccc(OC(C)C)cc1. The summed E-state index contributed by atoms with van der Waals surface area (Å²) in [5.41, 5.74) is 3.68. The molecule has 0 saturated carbocycles. The Morgan fingerprint density at radius 3 is 1.88 bits per heavy atom. The first-order valence-corrected chi connectivity index (χ1v) is 6.00. The molecule has 0 spiro atoms. The van der Waals surface area contributed by atoms with E-state index in [9.17, 15) is 0 Å². The Balaban J connectivity index is 2.30. The summed E-state index contributed by atoms with van der Waals surface area (Å²) in [4.78, 5) is 0. The summed E-state index contributed by atoms with van der Waals surface area (Å²) in [6.07, 6.45) is 0.218. The molecule has 1 aromatic carbocycles. The van der Waals surface area contributed by atoms with Gasteiger partial charge in [0, 0.05) is 17.1 Å². The van der Waals surface area contributed by atoms with E-state index in [0.717, 1.165) is 5.75 Å². The van der Waals surface area contributed by atoms with Crippen molar-refractivity contribution in [1.82, 2.24) is 4.57 Å². The van der Waals surface area contributed by atoms with Gasteiger partial charge in [0.2, 0.25) is 0 Å². The second kappa shape index (κ2) is 4.66. The molecule has 2 heteroatoms. The Bertz CT molecular complexity index is 475. The van der Waals surface area contributed by atoms with Crippen LogP contribution in [0.1, 0.15) is 25.2 Å². The molecule has 0 saturated heterocycles. The Morgan fingerprint density at radius 2 is 1.41 bits per heavy atom. The van der Waals surface area contributed by atoms with Crippen LogP contribution in [0.5, 0.6) is 5.75 Å². The van der Waals surface area contributed by atoms with E-state index in [0.29, 0.717) is 0 Å². The molecule has 2 rings (SSSR count). The van der Waals surface area contributed by atoms with E-state index >= 15 is 0 Å². The van der Waals surface area contributed by atoms with Gasteiger partial charge in [0.05, 0.1) is 6.10 Å². The van der Waals surface area contributed by atoms with Gasteiger partial charge in [-0.25, -0.2) is 0 Å². The minimum Gasteiger partial charge on any atom is -0.491 e. The zero-order chi connectivity index (χ0) is 12.4. The van der Waals surface area contributed by atoms with Crippen LogP contribution in [0.4, 0.5) is 0 Å². The number of benzene rings is 1. The Hall–Kier alpha value is -1.70. The highest BCUT2D eigenvalue weighted by molar-refractivity contribution is 5.41. The predicted molar refractivity (Wildman–Crippen MR) is 71.0 cm³/mol. The summed E-state index contributed by atoms with van der Waals surface area (Å²) in [5.74, 6) is 0.922. The lowest BCUT2D eigenvalue weighted by Crippen LogP contribution is -2.05. The summed E-state index contributed by atoms with van der Waals surface area (Å²) < 4.78 is 7.87. The standard InChI is InChI=1S/C15H19NO/c1-11(2)17-15-9-7-14(8-10-15)16-12(3)5-6-13(16)4/h5-11H,1-4H3. The second-order valence-corrected chi connectivity index (χ2v) is 4.61. The van der Waals surface area contributed by atoms with Crippen LogP contribution in [0.3, 0.4) is 0 Å². The lowest BCUT2D eigenvalue weighted by Gasteiger charge is -2.12. The van der Waals surface area contributed by atoms with Crippen molar-refractivity contribution >= 4 is 0 Å². The molecule has 0 unspecified atom stereocenters. The molecule has 17 heavy (non-hydrogen) atoms. The van der Waals surface area contributed by atoms with Crippen molar-refractivity contribution in [2.45, 2.75) is 33.8 Å². The smallest absolute Gasteiger partial charge is 0.119 e. The Morgan fingerprint density at radius 1 is 0.882 bits per heavy atom. The summed E-state index contributed by atoms with van der Waals surface area (Å²) in [5, 5.41) is 0. The maximum Gasteiger partial charge on any atom is 0.119 e. The van der Waals surface area contributed by atoms with E-state index in [1.807, 2.05) is 26.0 Å². The highest BCUT2D eigenvalue weighted by Gasteiger charge is 2.04. The van der Waals surface area contributed by atoms with Crippen LogP contribution in [0.15, 0.2) is 36.4 Å². The van der Waals surface area contributed by atoms with E-state index in [1.165, 1.54) is 17.1 Å². The molecule has 0 amide bonds. The number of hydrogen-bond donors (Lipinski definition) is 0. The van der Waals surface area contributed by atoms with Crippen molar-refractivity contribution in [1.29, 1.82) is 0 Å². The third kappa shape index (κ3) is 2.52. The first-order valence-electron chi connectivity index (χ1n) is 6.00. The molecule has 0 N–H and O–H groups in total. The van der Waals surface area contributed by atoms with E-state index in [4.69, 9.17) is 4.74 Å². The highest BCUT2D eigenvalue weighted by Crippen LogP contribution is 2.20. The molecule has 0 radical (unpaired) electrons. The monoisotopic (exact) mass is 229 g/mol. The Labute approximate surface area is 103 Å². The molecule has 2 nitrogen and oxygen atoms in total. The van der Waals surface area contributed by atoms with Gasteiger partial charge < -0.3 is 9.30 Å². The van der Waals surface area contributed by atoms with Gasteiger partial charge in [0.15, 0.2) is 0 Å². The van der Waals surface area contributed by atoms with Crippen LogP contribution >= 0.6 is 0 Å². The number of rotatable bonds is 3. The number of hydrogen-bond acceptors (Lipinski definition) is 1. The van der Waals surface area contributed by atoms with Gasteiger partial charge in [-0.15, -0.1) is 0 Å². The maximum absolute atomic E-state index is 5.64. The van der Waals surface area contributed by atoms with Crippen molar-refractivity contribution in [3.8, 4) is 11.4 Å². The van der Waals surface area contributed by atoms with E-state index < -0.39 is 0 Å².